The fraction of sp³-hybridized carbons (Fsp3) is 0.154. The first-order valence-electron chi connectivity index (χ1n) is 11.4. The Bertz CT molecular complexity index is 1570. The lowest BCUT2D eigenvalue weighted by molar-refractivity contribution is -0.111. The van der Waals surface area contributed by atoms with Crippen molar-refractivity contribution in [2.75, 3.05) is 41.8 Å². The number of anilines is 4. The number of H-pyrrole nitrogens is 1. The molecule has 2 aromatic carbocycles. The van der Waals surface area contributed by atoms with E-state index >= 15 is 0 Å². The second kappa shape index (κ2) is 10.2. The van der Waals surface area contributed by atoms with Gasteiger partial charge in [-0.05, 0) is 35.9 Å². The number of carbonyl (C=O) groups is 1. The highest BCUT2D eigenvalue weighted by molar-refractivity contribution is 6.00. The SMILES string of the molecule is C=CC(=O)Nc1cccc(-c2cc(=O)[nH]c3cnc(Nc4ccc(N5CCOCC5)c(F)c4F)nc23)c1. The minimum Gasteiger partial charge on any atom is -0.378 e. The molecule has 0 atom stereocenters. The first-order valence-corrected chi connectivity index (χ1v) is 11.4. The molecule has 1 amide bonds. The number of nitrogens with one attached hydrogen (secondary N) is 3. The van der Waals surface area contributed by atoms with E-state index in [1.165, 1.54) is 24.4 Å². The molecule has 11 heteroatoms. The van der Waals surface area contributed by atoms with E-state index in [1.807, 2.05) is 0 Å². The summed E-state index contributed by atoms with van der Waals surface area (Å²) in [6, 6.07) is 11.1. The third kappa shape index (κ3) is 5.02. The monoisotopic (exact) mass is 504 g/mol. The fourth-order valence-corrected chi connectivity index (χ4v) is 4.09. The summed E-state index contributed by atoms with van der Waals surface area (Å²) in [5.41, 5.74) is 1.95. The van der Waals surface area contributed by atoms with Gasteiger partial charge < -0.3 is 25.3 Å². The molecule has 0 bridgehead atoms. The summed E-state index contributed by atoms with van der Waals surface area (Å²) >= 11 is 0. The molecule has 1 saturated heterocycles. The van der Waals surface area contributed by atoms with Gasteiger partial charge in [0, 0.05) is 30.4 Å². The Morgan fingerprint density at radius 2 is 1.95 bits per heavy atom. The fourth-order valence-electron chi connectivity index (χ4n) is 4.09. The number of fused-ring (bicyclic) bond motifs is 1. The summed E-state index contributed by atoms with van der Waals surface area (Å²) < 4.78 is 35.1. The molecule has 5 rings (SSSR count). The van der Waals surface area contributed by atoms with Gasteiger partial charge in [0.05, 0.1) is 36.3 Å². The molecule has 3 heterocycles. The van der Waals surface area contributed by atoms with E-state index in [-0.39, 0.29) is 28.8 Å². The molecular formula is C26H22F2N6O3. The highest BCUT2D eigenvalue weighted by Gasteiger charge is 2.21. The van der Waals surface area contributed by atoms with Crippen LogP contribution in [0.5, 0.6) is 0 Å². The lowest BCUT2D eigenvalue weighted by Crippen LogP contribution is -2.36. The number of nitrogens with zero attached hydrogens (tertiary/aromatic N) is 3. The van der Waals surface area contributed by atoms with Crippen molar-refractivity contribution in [2.45, 2.75) is 0 Å². The van der Waals surface area contributed by atoms with Crippen LogP contribution < -0.4 is 21.1 Å². The summed E-state index contributed by atoms with van der Waals surface area (Å²) in [5, 5.41) is 5.41. The largest absolute Gasteiger partial charge is 0.378 e. The average Bonchev–Trinajstić information content (AvgIpc) is 2.91. The van der Waals surface area contributed by atoms with Crippen molar-refractivity contribution in [1.82, 2.24) is 15.0 Å². The van der Waals surface area contributed by atoms with Crippen LogP contribution in [0.15, 0.2) is 66.1 Å². The third-order valence-electron chi connectivity index (χ3n) is 5.86. The molecule has 4 aromatic rings. The molecule has 1 fully saturated rings. The van der Waals surface area contributed by atoms with Crippen LogP contribution in [0.25, 0.3) is 22.2 Å². The van der Waals surface area contributed by atoms with E-state index in [2.05, 4.69) is 32.2 Å². The van der Waals surface area contributed by atoms with Crippen LogP contribution in [0.4, 0.5) is 31.8 Å². The van der Waals surface area contributed by atoms with Gasteiger partial charge in [-0.3, -0.25) is 9.59 Å². The van der Waals surface area contributed by atoms with Gasteiger partial charge in [-0.25, -0.2) is 18.7 Å². The number of hydrogen-bond donors (Lipinski definition) is 3. The van der Waals surface area contributed by atoms with Gasteiger partial charge in [0.2, 0.25) is 17.4 Å². The molecule has 9 nitrogen and oxygen atoms in total. The molecular weight excluding hydrogens is 482 g/mol. The number of aromatic amines is 1. The number of ether oxygens (including phenoxy) is 1. The van der Waals surface area contributed by atoms with Crippen molar-refractivity contribution in [3.8, 4) is 11.1 Å². The molecule has 0 aliphatic carbocycles. The number of rotatable bonds is 6. The second-order valence-electron chi connectivity index (χ2n) is 8.26. The molecule has 0 radical (unpaired) electrons. The second-order valence-corrected chi connectivity index (χ2v) is 8.26. The van der Waals surface area contributed by atoms with Crippen molar-refractivity contribution >= 4 is 40.0 Å². The lowest BCUT2D eigenvalue weighted by atomic mass is 10.0. The van der Waals surface area contributed by atoms with Crippen molar-refractivity contribution < 1.29 is 18.3 Å². The molecule has 1 aliphatic heterocycles. The van der Waals surface area contributed by atoms with Crippen molar-refractivity contribution in [3.05, 3.63) is 83.3 Å². The summed E-state index contributed by atoms with van der Waals surface area (Å²) in [4.78, 5) is 37.0. The Kier molecular flexibility index (Phi) is 6.60. The van der Waals surface area contributed by atoms with E-state index in [1.54, 1.807) is 29.2 Å². The number of morpholine rings is 1. The van der Waals surface area contributed by atoms with Gasteiger partial charge in [-0.2, -0.15) is 0 Å². The number of pyridine rings is 1. The maximum atomic E-state index is 15.0. The number of amides is 1. The highest BCUT2D eigenvalue weighted by atomic mass is 19.2. The van der Waals surface area contributed by atoms with E-state index in [9.17, 15) is 18.4 Å². The van der Waals surface area contributed by atoms with E-state index < -0.39 is 11.6 Å². The van der Waals surface area contributed by atoms with Gasteiger partial charge in [0.25, 0.3) is 0 Å². The van der Waals surface area contributed by atoms with Crippen molar-refractivity contribution in [2.24, 2.45) is 0 Å². The van der Waals surface area contributed by atoms with E-state index in [4.69, 9.17) is 4.74 Å². The smallest absolute Gasteiger partial charge is 0.249 e. The maximum absolute atomic E-state index is 15.0. The highest BCUT2D eigenvalue weighted by Crippen LogP contribution is 2.31. The predicted molar refractivity (Wildman–Crippen MR) is 137 cm³/mol. The molecule has 0 spiro atoms. The average molecular weight is 504 g/mol. The first-order chi connectivity index (χ1) is 17.9. The quantitative estimate of drug-likeness (QED) is 0.341. The summed E-state index contributed by atoms with van der Waals surface area (Å²) in [6.45, 7) is 5.26. The number of halogens is 2. The van der Waals surface area contributed by atoms with Gasteiger partial charge >= 0.3 is 0 Å². The lowest BCUT2D eigenvalue weighted by Gasteiger charge is -2.29. The molecule has 188 valence electrons. The van der Waals surface area contributed by atoms with Crippen LogP contribution in [0, 0.1) is 11.6 Å². The standard InChI is InChI=1S/C26H22F2N6O3/c1-2-21(35)30-16-5-3-4-15(12-16)17-13-22(36)31-19-14-29-26(33-25(17)19)32-18-6-7-20(24(28)23(18)27)34-8-10-37-11-9-34/h2-7,12-14H,1,8-11H2,(H,30,35)(H,31,36)(H,29,32,33). The number of aromatic nitrogens is 3. The Morgan fingerprint density at radius 1 is 1.14 bits per heavy atom. The normalized spacial score (nSPS) is 13.4. The molecule has 37 heavy (non-hydrogen) atoms. The van der Waals surface area contributed by atoms with Crippen LogP contribution in [0.1, 0.15) is 0 Å². The molecule has 1 aliphatic rings. The van der Waals surface area contributed by atoms with Gasteiger partial charge in [0.1, 0.15) is 5.52 Å². The predicted octanol–water partition coefficient (Wildman–Crippen LogP) is 3.97. The summed E-state index contributed by atoms with van der Waals surface area (Å²) in [6.07, 6.45) is 2.53. The number of hydrogen-bond acceptors (Lipinski definition) is 7. The Morgan fingerprint density at radius 3 is 2.73 bits per heavy atom. The molecule has 0 unspecified atom stereocenters. The zero-order valence-corrected chi connectivity index (χ0v) is 19.6. The zero-order chi connectivity index (χ0) is 25.9. The molecule has 2 aromatic heterocycles. The minimum absolute atomic E-state index is 0.00864. The Labute approximate surface area is 209 Å². The number of benzene rings is 2. The van der Waals surface area contributed by atoms with E-state index in [0.717, 1.165) is 6.08 Å². The van der Waals surface area contributed by atoms with Crippen LogP contribution >= 0.6 is 0 Å². The molecule has 3 N–H and O–H groups in total. The zero-order valence-electron chi connectivity index (χ0n) is 19.6. The Hall–Kier alpha value is -4.64. The topological polar surface area (TPSA) is 112 Å². The van der Waals surface area contributed by atoms with Gasteiger partial charge in [-0.15, -0.1) is 0 Å². The number of carbonyl (C=O) groups excluding carboxylic acids is 1. The van der Waals surface area contributed by atoms with Crippen LogP contribution in [-0.2, 0) is 9.53 Å². The van der Waals surface area contributed by atoms with Gasteiger partial charge in [-0.1, -0.05) is 18.7 Å². The van der Waals surface area contributed by atoms with Crippen molar-refractivity contribution in [3.63, 3.8) is 0 Å². The summed E-state index contributed by atoms with van der Waals surface area (Å²) in [7, 11) is 0. The first kappa shape index (κ1) is 24.1. The van der Waals surface area contributed by atoms with Crippen molar-refractivity contribution in [1.29, 1.82) is 0 Å². The third-order valence-corrected chi connectivity index (χ3v) is 5.86. The van der Waals surface area contributed by atoms with Crippen LogP contribution in [0.3, 0.4) is 0 Å². The van der Waals surface area contributed by atoms with E-state index in [0.29, 0.717) is 54.2 Å². The minimum atomic E-state index is -1.06. The Balaban J connectivity index is 1.50. The summed E-state index contributed by atoms with van der Waals surface area (Å²) in [5.74, 6) is -2.40. The van der Waals surface area contributed by atoms with Crippen LogP contribution in [0.2, 0.25) is 0 Å². The maximum Gasteiger partial charge on any atom is 0.249 e. The molecule has 0 saturated carbocycles. The van der Waals surface area contributed by atoms with Crippen LogP contribution in [-0.4, -0.2) is 47.2 Å². The van der Waals surface area contributed by atoms with Gasteiger partial charge in [0.15, 0.2) is 11.6 Å².